The third kappa shape index (κ3) is 5.52. The highest BCUT2D eigenvalue weighted by atomic mass is 32.2. The first-order chi connectivity index (χ1) is 17.2. The van der Waals surface area contributed by atoms with E-state index in [1.807, 2.05) is 32.0 Å². The summed E-state index contributed by atoms with van der Waals surface area (Å²) in [5, 5.41) is 4.09. The molecule has 36 heavy (non-hydrogen) atoms. The average Bonchev–Trinajstić information content (AvgIpc) is 3.18. The summed E-state index contributed by atoms with van der Waals surface area (Å²) in [6.45, 7) is 10.7. The molecule has 0 aliphatic heterocycles. The van der Waals surface area contributed by atoms with Crippen LogP contribution in [0.3, 0.4) is 0 Å². The van der Waals surface area contributed by atoms with Crippen LogP contribution in [0.2, 0.25) is 0 Å². The molecule has 1 aliphatic carbocycles. The predicted octanol–water partition coefficient (Wildman–Crippen LogP) is 5.53. The van der Waals surface area contributed by atoms with Gasteiger partial charge in [0.1, 0.15) is 5.00 Å². The second kappa shape index (κ2) is 11.2. The number of amides is 1. The van der Waals surface area contributed by atoms with Crippen molar-refractivity contribution in [1.82, 2.24) is 9.55 Å². The monoisotopic (exact) mass is 527 g/mol. The van der Waals surface area contributed by atoms with Crippen molar-refractivity contribution in [1.29, 1.82) is 0 Å². The molecule has 0 radical (unpaired) electrons. The Morgan fingerprint density at radius 1 is 1.28 bits per heavy atom. The number of ether oxygens (including phenoxy) is 1. The van der Waals surface area contributed by atoms with Crippen LogP contribution in [0.15, 0.2) is 34.2 Å². The van der Waals surface area contributed by atoms with Gasteiger partial charge in [0.15, 0.2) is 5.16 Å². The fourth-order valence-electron chi connectivity index (χ4n) is 4.45. The number of nitrogens with one attached hydrogen (secondary N) is 1. The van der Waals surface area contributed by atoms with E-state index in [9.17, 15) is 14.4 Å². The number of fused-ring (bicyclic) bond motifs is 2. The summed E-state index contributed by atoms with van der Waals surface area (Å²) in [6.07, 6.45) is 2.72. The summed E-state index contributed by atoms with van der Waals surface area (Å²) in [4.78, 5) is 45.2. The first kappa shape index (κ1) is 26.4. The Labute approximate surface area is 219 Å². The van der Waals surface area contributed by atoms with Crippen LogP contribution in [0.1, 0.15) is 61.8 Å². The van der Waals surface area contributed by atoms with Gasteiger partial charge in [-0.3, -0.25) is 14.2 Å². The molecule has 1 N–H and O–H groups in total. The molecule has 7 nitrogen and oxygen atoms in total. The quantitative estimate of drug-likeness (QED) is 0.235. The molecule has 2 heterocycles. The van der Waals surface area contributed by atoms with Gasteiger partial charge in [-0.1, -0.05) is 44.7 Å². The Morgan fingerprint density at radius 2 is 2.03 bits per heavy atom. The highest BCUT2D eigenvalue weighted by Crippen LogP contribution is 2.40. The second-order valence-corrected chi connectivity index (χ2v) is 12.2. The zero-order chi connectivity index (χ0) is 26.0. The third-order valence-electron chi connectivity index (χ3n) is 6.25. The van der Waals surface area contributed by atoms with E-state index in [4.69, 9.17) is 9.72 Å². The second-order valence-electron chi connectivity index (χ2n) is 9.75. The summed E-state index contributed by atoms with van der Waals surface area (Å²) < 4.78 is 6.99. The van der Waals surface area contributed by atoms with E-state index < -0.39 is 5.25 Å². The molecule has 0 saturated carbocycles. The fraction of sp³-hybridized carbons (Fsp3) is 0.481. The summed E-state index contributed by atoms with van der Waals surface area (Å²) >= 11 is 2.73. The molecule has 192 valence electrons. The van der Waals surface area contributed by atoms with Crippen LogP contribution in [0.5, 0.6) is 0 Å². The molecule has 2 unspecified atom stereocenters. The SMILES string of the molecule is CCOC(=O)c1c(NC(=O)C(C)Sc2nc3ccccc3c(=O)n2CC(C)C)sc2c1CCC(C)C2. The van der Waals surface area contributed by atoms with Crippen LogP contribution in [0.25, 0.3) is 10.9 Å². The topological polar surface area (TPSA) is 90.3 Å². The van der Waals surface area contributed by atoms with Gasteiger partial charge in [-0.15, -0.1) is 11.3 Å². The summed E-state index contributed by atoms with van der Waals surface area (Å²) in [7, 11) is 0. The van der Waals surface area contributed by atoms with Crippen molar-refractivity contribution < 1.29 is 14.3 Å². The van der Waals surface area contributed by atoms with Crippen LogP contribution < -0.4 is 10.9 Å². The van der Waals surface area contributed by atoms with Gasteiger partial charge in [-0.05, 0) is 62.6 Å². The number of aromatic nitrogens is 2. The number of carbonyl (C=O) groups excluding carboxylic acids is 2. The van der Waals surface area contributed by atoms with Gasteiger partial charge in [0, 0.05) is 11.4 Å². The Balaban J connectivity index is 1.62. The first-order valence-electron chi connectivity index (χ1n) is 12.5. The third-order valence-corrected chi connectivity index (χ3v) is 8.51. The summed E-state index contributed by atoms with van der Waals surface area (Å²) in [5.41, 5.74) is 2.01. The number of benzene rings is 1. The molecule has 4 rings (SSSR count). The minimum Gasteiger partial charge on any atom is -0.462 e. The lowest BCUT2D eigenvalue weighted by atomic mass is 9.88. The maximum atomic E-state index is 13.3. The van der Waals surface area contributed by atoms with Crippen molar-refractivity contribution in [2.45, 2.75) is 70.8 Å². The van der Waals surface area contributed by atoms with Crippen LogP contribution in [0, 0.1) is 11.8 Å². The molecule has 0 saturated heterocycles. The minimum atomic E-state index is -0.537. The number of rotatable bonds is 8. The van der Waals surface area contributed by atoms with Gasteiger partial charge in [0.05, 0.1) is 28.3 Å². The highest BCUT2D eigenvalue weighted by molar-refractivity contribution is 8.00. The number of carbonyl (C=O) groups is 2. The molecular formula is C27H33N3O4S2. The van der Waals surface area contributed by atoms with Gasteiger partial charge >= 0.3 is 5.97 Å². The van der Waals surface area contributed by atoms with Crippen LogP contribution >= 0.6 is 23.1 Å². The van der Waals surface area contributed by atoms with E-state index in [0.29, 0.717) is 39.1 Å². The number of thiophene rings is 1. The van der Waals surface area contributed by atoms with Gasteiger partial charge in [-0.25, -0.2) is 9.78 Å². The van der Waals surface area contributed by atoms with Gasteiger partial charge in [-0.2, -0.15) is 0 Å². The maximum Gasteiger partial charge on any atom is 0.341 e. The molecule has 9 heteroatoms. The molecule has 0 spiro atoms. The van der Waals surface area contributed by atoms with Crippen LogP contribution in [-0.2, 0) is 28.9 Å². The van der Waals surface area contributed by atoms with Crippen molar-refractivity contribution in [3.63, 3.8) is 0 Å². The lowest BCUT2D eigenvalue weighted by molar-refractivity contribution is -0.115. The van der Waals surface area contributed by atoms with Gasteiger partial charge < -0.3 is 10.1 Å². The smallest absolute Gasteiger partial charge is 0.341 e. The minimum absolute atomic E-state index is 0.103. The number of esters is 1. The number of para-hydroxylation sites is 1. The standard InChI is InChI=1S/C27H33N3O4S2/c1-6-34-26(33)22-19-12-11-16(4)13-21(19)36-24(22)29-23(31)17(5)35-27-28-20-10-8-7-9-18(20)25(32)30(27)14-15(2)3/h7-10,15-17H,6,11-14H2,1-5H3,(H,29,31). The van der Waals surface area contributed by atoms with Crippen LogP contribution in [-0.4, -0.2) is 33.3 Å². The predicted molar refractivity (Wildman–Crippen MR) is 146 cm³/mol. The zero-order valence-electron chi connectivity index (χ0n) is 21.4. The average molecular weight is 528 g/mol. The molecule has 0 bridgehead atoms. The Hall–Kier alpha value is -2.65. The van der Waals surface area contributed by atoms with Crippen molar-refractivity contribution in [2.75, 3.05) is 11.9 Å². The van der Waals surface area contributed by atoms with E-state index in [-0.39, 0.29) is 30.0 Å². The normalized spacial score (nSPS) is 16.1. The molecule has 1 aliphatic rings. The maximum absolute atomic E-state index is 13.3. The zero-order valence-corrected chi connectivity index (χ0v) is 23.1. The Morgan fingerprint density at radius 3 is 2.75 bits per heavy atom. The van der Waals surface area contributed by atoms with E-state index >= 15 is 0 Å². The molecule has 2 atom stereocenters. The van der Waals surface area contributed by atoms with Crippen molar-refractivity contribution in [2.24, 2.45) is 11.8 Å². The largest absolute Gasteiger partial charge is 0.462 e. The number of hydrogen-bond donors (Lipinski definition) is 1. The van der Waals surface area contributed by atoms with Gasteiger partial charge in [0.2, 0.25) is 5.91 Å². The molecular weight excluding hydrogens is 494 g/mol. The lowest BCUT2D eigenvalue weighted by Gasteiger charge is -2.18. The number of anilines is 1. The molecule has 0 fully saturated rings. The molecule has 2 aromatic heterocycles. The van der Waals surface area contributed by atoms with Crippen molar-refractivity contribution >= 4 is 50.9 Å². The van der Waals surface area contributed by atoms with Crippen molar-refractivity contribution in [3.05, 3.63) is 50.6 Å². The highest BCUT2D eigenvalue weighted by Gasteiger charge is 2.30. The van der Waals surface area contributed by atoms with E-state index in [1.54, 1.807) is 24.5 Å². The molecule has 1 amide bonds. The lowest BCUT2D eigenvalue weighted by Crippen LogP contribution is -2.28. The molecule has 3 aromatic rings. The Kier molecular flexibility index (Phi) is 8.20. The summed E-state index contributed by atoms with van der Waals surface area (Å²) in [5.74, 6) is 0.153. The van der Waals surface area contributed by atoms with Gasteiger partial charge in [0.25, 0.3) is 5.56 Å². The van der Waals surface area contributed by atoms with Crippen LogP contribution in [0.4, 0.5) is 5.00 Å². The number of hydrogen-bond acceptors (Lipinski definition) is 7. The van der Waals surface area contributed by atoms with E-state index in [2.05, 4.69) is 12.2 Å². The van der Waals surface area contributed by atoms with E-state index in [1.165, 1.54) is 23.1 Å². The van der Waals surface area contributed by atoms with E-state index in [0.717, 1.165) is 29.7 Å². The number of nitrogens with zero attached hydrogens (tertiary/aromatic N) is 2. The summed E-state index contributed by atoms with van der Waals surface area (Å²) in [6, 6.07) is 7.27. The molecule has 1 aromatic carbocycles. The van der Waals surface area contributed by atoms with Crippen molar-refractivity contribution in [3.8, 4) is 0 Å². The first-order valence-corrected chi connectivity index (χ1v) is 14.2. The Bertz CT molecular complexity index is 1340. The number of thioether (sulfide) groups is 1. The fourth-order valence-corrected chi connectivity index (χ4v) is 6.77.